The molecule has 118 valence electrons. The van der Waals surface area contributed by atoms with Crippen LogP contribution in [-0.4, -0.2) is 41.8 Å². The Balaban J connectivity index is 2.40. The number of hydrogen-bond donors (Lipinski definition) is 2. The highest BCUT2D eigenvalue weighted by molar-refractivity contribution is 7.91. The first-order valence-electron chi connectivity index (χ1n) is 6.35. The Morgan fingerprint density at radius 3 is 2.48 bits per heavy atom. The highest BCUT2D eigenvalue weighted by Crippen LogP contribution is 2.24. The van der Waals surface area contributed by atoms with Crippen molar-refractivity contribution in [2.45, 2.75) is 35.3 Å². The Bertz CT molecular complexity index is 743. The van der Waals surface area contributed by atoms with Gasteiger partial charge in [0.05, 0.1) is 22.7 Å². The van der Waals surface area contributed by atoms with Crippen LogP contribution in [0.3, 0.4) is 0 Å². The van der Waals surface area contributed by atoms with Gasteiger partial charge in [0.1, 0.15) is 4.90 Å². The third-order valence-corrected chi connectivity index (χ3v) is 6.04. The van der Waals surface area contributed by atoms with Gasteiger partial charge in [-0.3, -0.25) is 0 Å². The van der Waals surface area contributed by atoms with E-state index < -0.39 is 19.9 Å². The van der Waals surface area contributed by atoms with E-state index >= 15 is 0 Å². The van der Waals surface area contributed by atoms with E-state index in [-0.39, 0.29) is 27.6 Å². The van der Waals surface area contributed by atoms with Crippen molar-refractivity contribution < 1.29 is 21.6 Å². The van der Waals surface area contributed by atoms with Gasteiger partial charge in [-0.1, -0.05) is 0 Å². The van der Waals surface area contributed by atoms with Gasteiger partial charge in [-0.2, -0.15) is 0 Å². The third kappa shape index (κ3) is 3.54. The predicted octanol–water partition coefficient (Wildman–Crippen LogP) is 0.128. The summed E-state index contributed by atoms with van der Waals surface area (Å²) >= 11 is 0. The van der Waals surface area contributed by atoms with Crippen molar-refractivity contribution in [3.8, 4) is 0 Å². The van der Waals surface area contributed by atoms with Crippen LogP contribution >= 0.6 is 0 Å². The zero-order valence-corrected chi connectivity index (χ0v) is 13.4. The van der Waals surface area contributed by atoms with Crippen LogP contribution in [0.5, 0.6) is 0 Å². The number of hydrogen-bond acceptors (Lipinski definition) is 6. The Morgan fingerprint density at radius 2 is 1.95 bits per heavy atom. The molecule has 2 rings (SSSR count). The molecule has 0 spiro atoms. The number of nitrogens with one attached hydrogen (secondary N) is 1. The van der Waals surface area contributed by atoms with Crippen molar-refractivity contribution in [1.82, 2.24) is 4.72 Å². The molecule has 1 aromatic rings. The summed E-state index contributed by atoms with van der Waals surface area (Å²) in [4.78, 5) is -0.322. The number of rotatable bonds is 4. The molecule has 9 heteroatoms. The zero-order valence-electron chi connectivity index (χ0n) is 11.7. The summed E-state index contributed by atoms with van der Waals surface area (Å²) in [6, 6.07) is 3.29. The Kier molecular flexibility index (Phi) is 4.29. The monoisotopic (exact) mass is 334 g/mol. The number of sulfonamides is 1. The van der Waals surface area contributed by atoms with Crippen molar-refractivity contribution in [1.29, 1.82) is 0 Å². The molecule has 2 atom stereocenters. The van der Waals surface area contributed by atoms with Crippen molar-refractivity contribution in [2.24, 2.45) is 0 Å². The normalized spacial score (nSPS) is 23.3. The molecule has 2 unspecified atom stereocenters. The van der Waals surface area contributed by atoms with Gasteiger partial charge in [-0.05, 0) is 31.5 Å². The maximum atomic E-state index is 12.4. The highest BCUT2D eigenvalue weighted by atomic mass is 32.2. The van der Waals surface area contributed by atoms with Gasteiger partial charge >= 0.3 is 0 Å². The van der Waals surface area contributed by atoms with Gasteiger partial charge in [0.15, 0.2) is 9.84 Å². The SMILES string of the molecule is CC1OCCC1NS(=O)(=O)c1cc(S(C)(=O)=O)ccc1N. The van der Waals surface area contributed by atoms with Crippen LogP contribution in [0, 0.1) is 0 Å². The maximum Gasteiger partial charge on any atom is 0.242 e. The summed E-state index contributed by atoms with van der Waals surface area (Å²) in [5, 5.41) is 0. The summed E-state index contributed by atoms with van der Waals surface area (Å²) < 4.78 is 55.7. The molecule has 0 radical (unpaired) electrons. The highest BCUT2D eigenvalue weighted by Gasteiger charge is 2.30. The van der Waals surface area contributed by atoms with E-state index in [0.29, 0.717) is 13.0 Å². The fraction of sp³-hybridized carbons (Fsp3) is 0.500. The van der Waals surface area contributed by atoms with Crippen molar-refractivity contribution in [3.63, 3.8) is 0 Å². The number of nitrogens with two attached hydrogens (primary N) is 1. The van der Waals surface area contributed by atoms with Crippen LogP contribution in [0.25, 0.3) is 0 Å². The van der Waals surface area contributed by atoms with E-state index in [1.807, 2.05) is 0 Å². The maximum absolute atomic E-state index is 12.4. The van der Waals surface area contributed by atoms with Crippen molar-refractivity contribution >= 4 is 25.5 Å². The van der Waals surface area contributed by atoms with E-state index in [1.165, 1.54) is 12.1 Å². The van der Waals surface area contributed by atoms with E-state index in [9.17, 15) is 16.8 Å². The molecule has 3 N–H and O–H groups in total. The average molecular weight is 334 g/mol. The van der Waals surface area contributed by atoms with E-state index in [0.717, 1.165) is 12.3 Å². The summed E-state index contributed by atoms with van der Waals surface area (Å²) in [6.07, 6.45) is 1.33. The van der Waals surface area contributed by atoms with Gasteiger partial charge in [0, 0.05) is 12.9 Å². The molecule has 0 aromatic heterocycles. The van der Waals surface area contributed by atoms with Gasteiger partial charge in [-0.25, -0.2) is 21.6 Å². The van der Waals surface area contributed by atoms with Crippen LogP contribution in [-0.2, 0) is 24.6 Å². The Hall–Kier alpha value is -1.16. The Morgan fingerprint density at radius 1 is 1.29 bits per heavy atom. The molecule has 0 amide bonds. The molecule has 7 nitrogen and oxygen atoms in total. The van der Waals surface area contributed by atoms with Crippen molar-refractivity contribution in [3.05, 3.63) is 18.2 Å². The summed E-state index contributed by atoms with van der Waals surface area (Å²) in [5.74, 6) is 0. The molecule has 21 heavy (non-hydrogen) atoms. The Labute approximate surface area is 124 Å². The van der Waals surface area contributed by atoms with E-state index in [1.54, 1.807) is 6.92 Å². The van der Waals surface area contributed by atoms with Gasteiger partial charge in [0.25, 0.3) is 0 Å². The predicted molar refractivity (Wildman–Crippen MR) is 78.1 cm³/mol. The fourth-order valence-corrected chi connectivity index (χ4v) is 4.34. The quantitative estimate of drug-likeness (QED) is 0.756. The number of ether oxygens (including phenoxy) is 1. The zero-order chi connectivity index (χ0) is 15.8. The molecule has 1 saturated heterocycles. The van der Waals surface area contributed by atoms with Gasteiger partial charge < -0.3 is 10.5 Å². The number of benzene rings is 1. The average Bonchev–Trinajstić information content (AvgIpc) is 2.73. The first kappa shape index (κ1) is 16.2. The second-order valence-corrected chi connectivity index (χ2v) is 8.76. The molecule has 0 bridgehead atoms. The van der Waals surface area contributed by atoms with Crippen LogP contribution in [0.2, 0.25) is 0 Å². The molecule has 0 saturated carbocycles. The number of anilines is 1. The molecule has 1 aliphatic heterocycles. The second kappa shape index (κ2) is 5.56. The summed E-state index contributed by atoms with van der Waals surface area (Å²) in [7, 11) is -7.42. The van der Waals surface area contributed by atoms with E-state index in [2.05, 4.69) is 4.72 Å². The minimum absolute atomic E-state index is 0.00136. The molecular weight excluding hydrogens is 316 g/mol. The van der Waals surface area contributed by atoms with Crippen molar-refractivity contribution in [2.75, 3.05) is 18.6 Å². The lowest BCUT2D eigenvalue weighted by molar-refractivity contribution is 0.117. The first-order chi connectivity index (χ1) is 9.61. The lowest BCUT2D eigenvalue weighted by atomic mass is 10.2. The van der Waals surface area contributed by atoms with Crippen LogP contribution in [0.1, 0.15) is 13.3 Å². The lowest BCUT2D eigenvalue weighted by Gasteiger charge is -2.17. The van der Waals surface area contributed by atoms with E-state index in [4.69, 9.17) is 10.5 Å². The summed E-state index contributed by atoms with van der Waals surface area (Å²) in [5.41, 5.74) is 5.68. The standard InChI is InChI=1S/C12H18N2O5S2/c1-8-11(5-6-19-8)14-21(17,18)12-7-9(20(2,15)16)3-4-10(12)13/h3-4,7-8,11,14H,5-6,13H2,1-2H3. The molecule has 0 aliphatic carbocycles. The molecule has 1 fully saturated rings. The number of sulfone groups is 1. The largest absolute Gasteiger partial charge is 0.398 e. The molecule has 1 aliphatic rings. The van der Waals surface area contributed by atoms with Gasteiger partial charge in [0.2, 0.25) is 10.0 Å². The summed E-state index contributed by atoms with van der Waals surface area (Å²) in [6.45, 7) is 2.25. The smallest absolute Gasteiger partial charge is 0.242 e. The second-order valence-electron chi connectivity index (χ2n) is 5.06. The minimum atomic E-state index is -3.91. The van der Waals surface area contributed by atoms with Crippen LogP contribution in [0.15, 0.2) is 28.0 Å². The van der Waals surface area contributed by atoms with Gasteiger partial charge in [-0.15, -0.1) is 0 Å². The minimum Gasteiger partial charge on any atom is -0.398 e. The molecule has 1 aromatic carbocycles. The molecule has 1 heterocycles. The third-order valence-electron chi connectivity index (χ3n) is 3.39. The van der Waals surface area contributed by atoms with Crippen LogP contribution in [0.4, 0.5) is 5.69 Å². The fourth-order valence-electron chi connectivity index (χ4n) is 2.13. The molecular formula is C12H18N2O5S2. The first-order valence-corrected chi connectivity index (χ1v) is 9.72. The topological polar surface area (TPSA) is 116 Å². The van der Waals surface area contributed by atoms with Crippen LogP contribution < -0.4 is 10.5 Å². The number of nitrogen functional groups attached to an aromatic ring is 1. The lowest BCUT2D eigenvalue weighted by Crippen LogP contribution is -2.39.